The number of hydrogen-bond donors (Lipinski definition) is 1. The summed E-state index contributed by atoms with van der Waals surface area (Å²) in [6.45, 7) is 9.86. The van der Waals surface area contributed by atoms with Gasteiger partial charge in [-0.2, -0.15) is 0 Å². The molecule has 5 nitrogen and oxygen atoms in total. The zero-order valence-electron chi connectivity index (χ0n) is 20.8. The lowest BCUT2D eigenvalue weighted by Crippen LogP contribution is -2.34. The highest BCUT2D eigenvalue weighted by molar-refractivity contribution is 6.46. The van der Waals surface area contributed by atoms with Crippen molar-refractivity contribution in [2.45, 2.75) is 58.9 Å². The molecule has 1 atom stereocenters. The highest BCUT2D eigenvalue weighted by atomic mass is 16.3. The molecule has 0 bridgehead atoms. The van der Waals surface area contributed by atoms with Gasteiger partial charge < -0.3 is 14.9 Å². The number of aliphatic hydroxyl groups excluding tert-OH is 1. The lowest BCUT2D eigenvalue weighted by molar-refractivity contribution is -0.140. The molecule has 0 aromatic heterocycles. The molecule has 0 unspecified atom stereocenters. The van der Waals surface area contributed by atoms with E-state index < -0.39 is 17.7 Å². The first kappa shape index (κ1) is 25.7. The fourth-order valence-electron chi connectivity index (χ4n) is 4.52. The zero-order chi connectivity index (χ0) is 24.5. The molecule has 2 aromatic carbocycles. The van der Waals surface area contributed by atoms with Gasteiger partial charge in [0.2, 0.25) is 0 Å². The highest BCUT2D eigenvalue weighted by Gasteiger charge is 2.45. The Balaban J connectivity index is 1.87. The molecule has 1 heterocycles. The molecule has 0 aliphatic carbocycles. The minimum absolute atomic E-state index is 0.109. The lowest BCUT2D eigenvalue weighted by atomic mass is 9.95. The van der Waals surface area contributed by atoms with Crippen LogP contribution in [0.1, 0.15) is 68.7 Å². The van der Waals surface area contributed by atoms with Crippen molar-refractivity contribution >= 4 is 17.4 Å². The van der Waals surface area contributed by atoms with Crippen molar-refractivity contribution in [3.63, 3.8) is 0 Å². The summed E-state index contributed by atoms with van der Waals surface area (Å²) >= 11 is 0. The predicted molar refractivity (Wildman–Crippen MR) is 138 cm³/mol. The Labute approximate surface area is 204 Å². The zero-order valence-corrected chi connectivity index (χ0v) is 20.8. The van der Waals surface area contributed by atoms with Crippen molar-refractivity contribution in [3.8, 4) is 0 Å². The van der Waals surface area contributed by atoms with Crippen LogP contribution < -0.4 is 0 Å². The summed E-state index contributed by atoms with van der Waals surface area (Å²) in [5, 5.41) is 11.1. The molecule has 5 heteroatoms. The van der Waals surface area contributed by atoms with Gasteiger partial charge in [-0.05, 0) is 51.4 Å². The maximum Gasteiger partial charge on any atom is 0.295 e. The molecule has 0 spiro atoms. The van der Waals surface area contributed by atoms with E-state index in [-0.39, 0.29) is 11.3 Å². The predicted octanol–water partition coefficient (Wildman–Crippen LogP) is 5.71. The quantitative estimate of drug-likeness (QED) is 0.249. The maximum absolute atomic E-state index is 13.1. The normalized spacial score (nSPS) is 17.6. The number of amides is 1. The van der Waals surface area contributed by atoms with Crippen LogP contribution in [0.4, 0.5) is 0 Å². The number of likely N-dealkylation sites (tertiary alicyclic amines) is 1. The van der Waals surface area contributed by atoms with Crippen LogP contribution in [-0.2, 0) is 9.59 Å². The van der Waals surface area contributed by atoms with Crippen LogP contribution in [0.5, 0.6) is 0 Å². The van der Waals surface area contributed by atoms with E-state index in [0.717, 1.165) is 62.9 Å². The third-order valence-electron chi connectivity index (χ3n) is 6.51. The summed E-state index contributed by atoms with van der Waals surface area (Å²) in [6, 6.07) is 16.3. The molecule has 1 aliphatic rings. The van der Waals surface area contributed by atoms with Gasteiger partial charge in [-0.3, -0.25) is 9.59 Å². The molecule has 3 rings (SSSR count). The fraction of sp³-hybridized carbons (Fsp3) is 0.448. The average Bonchev–Trinajstić information content (AvgIpc) is 3.11. The monoisotopic (exact) mass is 462 g/mol. The minimum Gasteiger partial charge on any atom is -0.507 e. The van der Waals surface area contributed by atoms with Crippen LogP contribution in [0, 0.1) is 6.92 Å². The van der Waals surface area contributed by atoms with E-state index in [1.165, 1.54) is 0 Å². The molecule has 1 N–H and O–H groups in total. The molecule has 34 heavy (non-hydrogen) atoms. The average molecular weight is 463 g/mol. The van der Waals surface area contributed by atoms with Gasteiger partial charge in [0.1, 0.15) is 5.76 Å². The molecule has 2 aromatic rings. The molecule has 1 fully saturated rings. The largest absolute Gasteiger partial charge is 0.507 e. The molecular formula is C29H38N2O3. The lowest BCUT2D eigenvalue weighted by Gasteiger charge is -2.27. The Morgan fingerprint density at radius 3 is 2.06 bits per heavy atom. The number of unbranched alkanes of at least 4 members (excludes halogenated alkanes) is 2. The van der Waals surface area contributed by atoms with E-state index >= 15 is 0 Å². The highest BCUT2D eigenvalue weighted by Crippen LogP contribution is 2.39. The fourth-order valence-corrected chi connectivity index (χ4v) is 4.52. The summed E-state index contributed by atoms with van der Waals surface area (Å²) in [5.41, 5.74) is 2.63. The van der Waals surface area contributed by atoms with Crippen molar-refractivity contribution in [2.24, 2.45) is 0 Å². The first-order chi connectivity index (χ1) is 16.5. The van der Waals surface area contributed by atoms with Crippen LogP contribution in [0.2, 0.25) is 0 Å². The summed E-state index contributed by atoms with van der Waals surface area (Å²) in [4.78, 5) is 30.4. The van der Waals surface area contributed by atoms with Gasteiger partial charge in [0, 0.05) is 12.1 Å². The third-order valence-corrected chi connectivity index (χ3v) is 6.51. The van der Waals surface area contributed by atoms with Gasteiger partial charge in [0.15, 0.2) is 0 Å². The van der Waals surface area contributed by atoms with E-state index in [2.05, 4.69) is 18.7 Å². The number of carbonyl (C=O) groups excluding carboxylic acids is 2. The second-order valence-electron chi connectivity index (χ2n) is 9.17. The smallest absolute Gasteiger partial charge is 0.295 e. The van der Waals surface area contributed by atoms with E-state index in [9.17, 15) is 14.7 Å². The van der Waals surface area contributed by atoms with Gasteiger partial charge in [-0.25, -0.2) is 0 Å². The van der Waals surface area contributed by atoms with Gasteiger partial charge in [0.05, 0.1) is 11.6 Å². The van der Waals surface area contributed by atoms with Crippen molar-refractivity contribution in [1.82, 2.24) is 9.80 Å². The number of nitrogens with zero attached hydrogens (tertiary/aromatic N) is 2. The van der Waals surface area contributed by atoms with Crippen LogP contribution in [0.25, 0.3) is 5.76 Å². The standard InChI is InChI=1S/C29H38N2O3/c1-4-6-18-30(19-7-5-2)20-11-21-31-26(23-12-9-8-10-13-23)25(28(33)29(31)34)27(32)24-16-14-22(3)15-17-24/h8-10,12-17,26,32H,4-7,11,18-21H2,1-3H3/t26-/m0/s1. The van der Waals surface area contributed by atoms with Gasteiger partial charge >= 0.3 is 0 Å². The van der Waals surface area contributed by atoms with Crippen molar-refractivity contribution in [1.29, 1.82) is 0 Å². The summed E-state index contributed by atoms with van der Waals surface area (Å²) in [5.74, 6) is -1.25. The molecule has 1 amide bonds. The molecule has 0 saturated carbocycles. The summed E-state index contributed by atoms with van der Waals surface area (Å²) in [7, 11) is 0. The molecule has 182 valence electrons. The van der Waals surface area contributed by atoms with Gasteiger partial charge in [-0.1, -0.05) is 86.8 Å². The third kappa shape index (κ3) is 6.15. The molecule has 0 radical (unpaired) electrons. The Hall–Kier alpha value is -2.92. The second kappa shape index (κ2) is 12.5. The van der Waals surface area contributed by atoms with E-state index in [1.807, 2.05) is 49.4 Å². The Kier molecular flexibility index (Phi) is 9.46. The van der Waals surface area contributed by atoms with Crippen molar-refractivity contribution < 1.29 is 14.7 Å². The number of hydrogen-bond acceptors (Lipinski definition) is 4. The van der Waals surface area contributed by atoms with E-state index in [4.69, 9.17) is 0 Å². The summed E-state index contributed by atoms with van der Waals surface area (Å²) in [6.07, 6.45) is 5.42. The maximum atomic E-state index is 13.1. The number of Topliss-reactive ketones (excluding diaryl/α,β-unsaturated/α-hetero) is 1. The number of ketones is 1. The molecular weight excluding hydrogens is 424 g/mol. The Bertz CT molecular complexity index is 974. The second-order valence-corrected chi connectivity index (χ2v) is 9.17. The molecule has 1 aliphatic heterocycles. The van der Waals surface area contributed by atoms with Crippen LogP contribution in [0.15, 0.2) is 60.2 Å². The topological polar surface area (TPSA) is 60.9 Å². The number of rotatable bonds is 12. The first-order valence-corrected chi connectivity index (χ1v) is 12.6. The first-order valence-electron chi connectivity index (χ1n) is 12.6. The van der Waals surface area contributed by atoms with Crippen molar-refractivity contribution in [2.75, 3.05) is 26.2 Å². The Morgan fingerprint density at radius 1 is 0.882 bits per heavy atom. The van der Waals surface area contributed by atoms with Crippen LogP contribution in [0.3, 0.4) is 0 Å². The SMILES string of the molecule is CCCCN(CCCC)CCCN1C(=O)C(=O)C(=C(O)c2ccc(C)cc2)[C@@H]1c1ccccc1. The van der Waals surface area contributed by atoms with Crippen LogP contribution >= 0.6 is 0 Å². The Morgan fingerprint density at radius 2 is 1.47 bits per heavy atom. The number of benzene rings is 2. The molecule has 1 saturated heterocycles. The van der Waals surface area contributed by atoms with Crippen molar-refractivity contribution in [3.05, 3.63) is 76.9 Å². The van der Waals surface area contributed by atoms with Crippen LogP contribution in [-0.4, -0.2) is 52.8 Å². The number of carbonyl (C=O) groups is 2. The van der Waals surface area contributed by atoms with E-state index in [0.29, 0.717) is 12.1 Å². The summed E-state index contributed by atoms with van der Waals surface area (Å²) < 4.78 is 0. The van der Waals surface area contributed by atoms with Gasteiger partial charge in [0.25, 0.3) is 11.7 Å². The number of aliphatic hydroxyl groups is 1. The van der Waals surface area contributed by atoms with Gasteiger partial charge in [-0.15, -0.1) is 0 Å². The minimum atomic E-state index is -0.610. The number of aryl methyl sites for hydroxylation is 1. The van der Waals surface area contributed by atoms with E-state index in [1.54, 1.807) is 17.0 Å².